The van der Waals surface area contributed by atoms with Crippen LogP contribution in [0.4, 0.5) is 5.82 Å². The minimum atomic E-state index is -0.0572. The van der Waals surface area contributed by atoms with Crippen molar-refractivity contribution in [2.24, 2.45) is 0 Å². The topological polar surface area (TPSA) is 63.9 Å². The lowest BCUT2D eigenvalue weighted by atomic mass is 10.2. The normalized spacial score (nSPS) is 18.4. The molecule has 2 aromatic heterocycles. The molecule has 0 aliphatic carbocycles. The van der Waals surface area contributed by atoms with Gasteiger partial charge >= 0.3 is 0 Å². The molecule has 104 valence electrons. The quantitative estimate of drug-likeness (QED) is 0.833. The van der Waals surface area contributed by atoms with Gasteiger partial charge in [0.2, 0.25) is 0 Å². The third kappa shape index (κ3) is 2.54. The highest BCUT2D eigenvalue weighted by Crippen LogP contribution is 2.24. The standard InChI is InChI=1S/C14H17N5O/c1-11-8-13(16-10-15-11)18-7-3-4-12(18)9-19-14(20)5-2-6-17-19/h2,5-6,8,10,12H,3-4,7,9H2,1H3. The second-order valence-corrected chi connectivity index (χ2v) is 5.05. The smallest absolute Gasteiger partial charge is 0.266 e. The molecule has 0 amide bonds. The summed E-state index contributed by atoms with van der Waals surface area (Å²) in [7, 11) is 0. The predicted molar refractivity (Wildman–Crippen MR) is 75.6 cm³/mol. The van der Waals surface area contributed by atoms with Crippen LogP contribution in [0.3, 0.4) is 0 Å². The Labute approximate surface area is 117 Å². The van der Waals surface area contributed by atoms with Crippen LogP contribution in [0.5, 0.6) is 0 Å². The molecule has 6 nitrogen and oxygen atoms in total. The van der Waals surface area contributed by atoms with E-state index in [0.717, 1.165) is 30.9 Å². The molecule has 0 N–H and O–H groups in total. The lowest BCUT2D eigenvalue weighted by Gasteiger charge is -2.25. The van der Waals surface area contributed by atoms with E-state index in [-0.39, 0.29) is 11.6 Å². The van der Waals surface area contributed by atoms with E-state index in [1.165, 1.54) is 4.68 Å². The van der Waals surface area contributed by atoms with Gasteiger partial charge in [0, 0.05) is 30.6 Å². The third-order valence-corrected chi connectivity index (χ3v) is 3.63. The Morgan fingerprint density at radius 1 is 1.40 bits per heavy atom. The molecule has 0 radical (unpaired) electrons. The Hall–Kier alpha value is -2.24. The molecule has 20 heavy (non-hydrogen) atoms. The number of rotatable bonds is 3. The van der Waals surface area contributed by atoms with Gasteiger partial charge in [-0.3, -0.25) is 4.79 Å². The van der Waals surface area contributed by atoms with Crippen molar-refractivity contribution >= 4 is 5.82 Å². The summed E-state index contributed by atoms with van der Waals surface area (Å²) in [6.45, 7) is 3.52. The highest BCUT2D eigenvalue weighted by molar-refractivity contribution is 5.41. The first-order valence-corrected chi connectivity index (χ1v) is 6.81. The van der Waals surface area contributed by atoms with Gasteiger partial charge in [0.25, 0.3) is 5.56 Å². The highest BCUT2D eigenvalue weighted by Gasteiger charge is 2.26. The third-order valence-electron chi connectivity index (χ3n) is 3.63. The minimum Gasteiger partial charge on any atom is -0.352 e. The van der Waals surface area contributed by atoms with Gasteiger partial charge in [-0.05, 0) is 25.8 Å². The van der Waals surface area contributed by atoms with E-state index >= 15 is 0 Å². The number of anilines is 1. The van der Waals surface area contributed by atoms with Crippen LogP contribution in [0, 0.1) is 6.92 Å². The Balaban J connectivity index is 1.83. The van der Waals surface area contributed by atoms with Gasteiger partial charge in [0.15, 0.2) is 0 Å². The van der Waals surface area contributed by atoms with Crippen molar-refractivity contribution in [3.05, 3.63) is 46.8 Å². The van der Waals surface area contributed by atoms with Crippen LogP contribution in [0.1, 0.15) is 18.5 Å². The maximum absolute atomic E-state index is 11.8. The summed E-state index contributed by atoms with van der Waals surface area (Å²) < 4.78 is 1.52. The lowest BCUT2D eigenvalue weighted by Crippen LogP contribution is -2.37. The fourth-order valence-electron chi connectivity index (χ4n) is 2.65. The van der Waals surface area contributed by atoms with Crippen LogP contribution in [-0.4, -0.2) is 32.3 Å². The molecule has 3 heterocycles. The maximum Gasteiger partial charge on any atom is 0.266 e. The van der Waals surface area contributed by atoms with Crippen LogP contribution >= 0.6 is 0 Å². The zero-order chi connectivity index (χ0) is 13.9. The van der Waals surface area contributed by atoms with Crippen LogP contribution in [-0.2, 0) is 6.54 Å². The molecule has 6 heteroatoms. The number of aromatic nitrogens is 4. The number of hydrogen-bond acceptors (Lipinski definition) is 5. The van der Waals surface area contributed by atoms with Crippen molar-refractivity contribution in [2.75, 3.05) is 11.4 Å². The van der Waals surface area contributed by atoms with E-state index in [1.807, 2.05) is 13.0 Å². The maximum atomic E-state index is 11.8. The zero-order valence-electron chi connectivity index (χ0n) is 11.4. The second-order valence-electron chi connectivity index (χ2n) is 5.05. The second kappa shape index (κ2) is 5.40. The molecular formula is C14H17N5O. The molecule has 1 aliphatic rings. The summed E-state index contributed by atoms with van der Waals surface area (Å²) in [5, 5.41) is 4.13. The van der Waals surface area contributed by atoms with Gasteiger partial charge in [-0.1, -0.05) is 0 Å². The molecule has 2 aromatic rings. The van der Waals surface area contributed by atoms with E-state index in [9.17, 15) is 4.79 Å². The predicted octanol–water partition coefficient (Wildman–Crippen LogP) is 1.01. The van der Waals surface area contributed by atoms with E-state index in [2.05, 4.69) is 20.0 Å². The van der Waals surface area contributed by atoms with Gasteiger partial charge in [0.05, 0.1) is 12.6 Å². The minimum absolute atomic E-state index is 0.0572. The number of aryl methyl sites for hydroxylation is 1. The number of hydrogen-bond donors (Lipinski definition) is 0. The summed E-state index contributed by atoms with van der Waals surface area (Å²) in [6.07, 6.45) is 5.39. The summed E-state index contributed by atoms with van der Waals surface area (Å²) in [6, 6.07) is 5.46. The lowest BCUT2D eigenvalue weighted by molar-refractivity contribution is 0.487. The van der Waals surface area contributed by atoms with Crippen molar-refractivity contribution in [3.8, 4) is 0 Å². The Bertz CT molecular complexity index is 654. The SMILES string of the molecule is Cc1cc(N2CCCC2Cn2ncccc2=O)ncn1. The zero-order valence-corrected chi connectivity index (χ0v) is 11.4. The first-order valence-electron chi connectivity index (χ1n) is 6.81. The Morgan fingerprint density at radius 3 is 3.10 bits per heavy atom. The van der Waals surface area contributed by atoms with Crippen molar-refractivity contribution < 1.29 is 0 Å². The van der Waals surface area contributed by atoms with E-state index in [1.54, 1.807) is 24.7 Å². The van der Waals surface area contributed by atoms with Crippen LogP contribution in [0.25, 0.3) is 0 Å². The molecule has 0 aromatic carbocycles. The Morgan fingerprint density at radius 2 is 2.30 bits per heavy atom. The highest BCUT2D eigenvalue weighted by atomic mass is 16.1. The molecular weight excluding hydrogens is 254 g/mol. The monoisotopic (exact) mass is 271 g/mol. The van der Waals surface area contributed by atoms with E-state index in [4.69, 9.17) is 0 Å². The molecule has 1 unspecified atom stereocenters. The first-order chi connectivity index (χ1) is 9.74. The van der Waals surface area contributed by atoms with Crippen molar-refractivity contribution in [2.45, 2.75) is 32.4 Å². The number of nitrogens with zero attached hydrogens (tertiary/aromatic N) is 5. The van der Waals surface area contributed by atoms with Crippen LogP contribution in [0.2, 0.25) is 0 Å². The molecule has 3 rings (SSSR count). The molecule has 1 fully saturated rings. The van der Waals surface area contributed by atoms with Gasteiger partial charge in [0.1, 0.15) is 12.1 Å². The average molecular weight is 271 g/mol. The molecule has 1 saturated heterocycles. The molecule has 1 aliphatic heterocycles. The summed E-state index contributed by atoms with van der Waals surface area (Å²) >= 11 is 0. The molecule has 0 bridgehead atoms. The summed E-state index contributed by atoms with van der Waals surface area (Å²) in [5.41, 5.74) is 0.897. The molecule has 0 spiro atoms. The van der Waals surface area contributed by atoms with Crippen molar-refractivity contribution in [1.82, 2.24) is 19.7 Å². The van der Waals surface area contributed by atoms with E-state index < -0.39 is 0 Å². The van der Waals surface area contributed by atoms with Gasteiger partial charge in [-0.2, -0.15) is 5.10 Å². The van der Waals surface area contributed by atoms with Gasteiger partial charge < -0.3 is 4.90 Å². The van der Waals surface area contributed by atoms with Crippen LogP contribution in [0.15, 0.2) is 35.5 Å². The van der Waals surface area contributed by atoms with Crippen molar-refractivity contribution in [1.29, 1.82) is 0 Å². The molecule has 0 saturated carbocycles. The Kier molecular flexibility index (Phi) is 3.45. The molecule has 1 atom stereocenters. The van der Waals surface area contributed by atoms with Crippen LogP contribution < -0.4 is 10.5 Å². The van der Waals surface area contributed by atoms with Crippen molar-refractivity contribution in [3.63, 3.8) is 0 Å². The largest absolute Gasteiger partial charge is 0.352 e. The van der Waals surface area contributed by atoms with Gasteiger partial charge in [-0.15, -0.1) is 0 Å². The first kappa shape index (κ1) is 12.8. The van der Waals surface area contributed by atoms with E-state index in [0.29, 0.717) is 6.54 Å². The average Bonchev–Trinajstić information content (AvgIpc) is 2.90. The fraction of sp³-hybridized carbons (Fsp3) is 0.429. The van der Waals surface area contributed by atoms with Gasteiger partial charge in [-0.25, -0.2) is 14.6 Å². The summed E-state index contributed by atoms with van der Waals surface area (Å²) in [4.78, 5) is 22.5. The fourth-order valence-corrected chi connectivity index (χ4v) is 2.65. The summed E-state index contributed by atoms with van der Waals surface area (Å²) in [5.74, 6) is 0.934.